The van der Waals surface area contributed by atoms with Crippen LogP contribution in [0.3, 0.4) is 0 Å². The number of carbonyl (C=O) groups is 1. The van der Waals surface area contributed by atoms with E-state index in [-0.39, 0.29) is 5.91 Å². The van der Waals surface area contributed by atoms with Crippen LogP contribution in [-0.2, 0) is 0 Å². The number of hydrogen-bond acceptors (Lipinski definition) is 1. The molecule has 0 aliphatic heterocycles. The van der Waals surface area contributed by atoms with Gasteiger partial charge in [-0.25, -0.2) is 0 Å². The second kappa shape index (κ2) is 6.24. The van der Waals surface area contributed by atoms with E-state index in [2.05, 4.69) is 17.4 Å². The normalized spacial score (nSPS) is 9.88. The third-order valence-electron chi connectivity index (χ3n) is 2.25. The number of hydrogen-bond donors (Lipinski definition) is 1. The predicted molar refractivity (Wildman–Crippen MR) is 70.6 cm³/mol. The summed E-state index contributed by atoms with van der Waals surface area (Å²) in [6, 6.07) is 19.5. The maximum atomic E-state index is 11.7. The van der Waals surface area contributed by atoms with E-state index in [0.717, 1.165) is 11.0 Å². The van der Waals surface area contributed by atoms with Gasteiger partial charge in [0.1, 0.15) is 0 Å². The Hall–Kier alpha value is -1.57. The summed E-state index contributed by atoms with van der Waals surface area (Å²) in [4.78, 5) is 11.7. The molecular weight excluding hydrogens is 277 g/mol. The average molecular weight is 290 g/mol. The van der Waals surface area contributed by atoms with Crippen molar-refractivity contribution in [1.82, 2.24) is 5.32 Å². The fourth-order valence-electron chi connectivity index (χ4n) is 1.39. The van der Waals surface area contributed by atoms with Crippen molar-refractivity contribution >= 4 is 25.3 Å². The zero-order chi connectivity index (χ0) is 11.9. The zero-order valence-corrected chi connectivity index (χ0v) is 11.0. The van der Waals surface area contributed by atoms with Crippen LogP contribution in [0.25, 0.3) is 0 Å². The molecule has 0 aromatic heterocycles. The topological polar surface area (TPSA) is 29.1 Å². The predicted octanol–water partition coefficient (Wildman–Crippen LogP) is 1.40. The molecule has 0 bridgehead atoms. The van der Waals surface area contributed by atoms with Gasteiger partial charge in [0.2, 0.25) is 0 Å². The molecule has 86 valence electrons. The molecule has 0 aliphatic carbocycles. The van der Waals surface area contributed by atoms with Crippen molar-refractivity contribution in [2.45, 2.75) is 0 Å². The molecule has 2 nitrogen and oxygen atoms in total. The van der Waals surface area contributed by atoms with Gasteiger partial charge >= 0.3 is 107 Å². The molecule has 17 heavy (non-hydrogen) atoms. The number of rotatable bonds is 4. The Labute approximate surface area is 107 Å². The molecule has 2 aromatic carbocycles. The Kier molecular flexibility index (Phi) is 4.37. The van der Waals surface area contributed by atoms with Crippen LogP contribution < -0.4 is 9.78 Å². The van der Waals surface area contributed by atoms with Crippen LogP contribution in [0.15, 0.2) is 60.7 Å². The van der Waals surface area contributed by atoms with Gasteiger partial charge in [-0.3, -0.25) is 0 Å². The van der Waals surface area contributed by atoms with Crippen molar-refractivity contribution in [2.24, 2.45) is 0 Å². The fourth-order valence-corrected chi connectivity index (χ4v) is 2.90. The van der Waals surface area contributed by atoms with Gasteiger partial charge in [0, 0.05) is 0 Å². The summed E-state index contributed by atoms with van der Waals surface area (Å²) in [7, 11) is 0. The molecule has 0 fully saturated rings. The van der Waals surface area contributed by atoms with Gasteiger partial charge in [0.05, 0.1) is 0 Å². The molecule has 0 atom stereocenters. The third-order valence-corrected chi connectivity index (χ3v) is 4.13. The molecule has 1 N–H and O–H groups in total. The van der Waals surface area contributed by atoms with Crippen molar-refractivity contribution in [3.63, 3.8) is 0 Å². The summed E-state index contributed by atoms with van der Waals surface area (Å²) in [5, 5.41) is 2.94. The van der Waals surface area contributed by atoms with Crippen LogP contribution >= 0.6 is 0 Å². The first kappa shape index (κ1) is 11.9. The molecule has 2 aromatic rings. The molecule has 0 radical (unpaired) electrons. The summed E-state index contributed by atoms with van der Waals surface area (Å²) < 4.78 is 1.30. The van der Waals surface area contributed by atoms with E-state index >= 15 is 0 Å². The van der Waals surface area contributed by atoms with E-state index in [4.69, 9.17) is 0 Å². The Morgan fingerprint density at radius 2 is 1.53 bits per heavy atom. The molecule has 0 saturated carbocycles. The first-order valence-electron chi connectivity index (χ1n) is 5.37. The van der Waals surface area contributed by atoms with Gasteiger partial charge in [0.25, 0.3) is 0 Å². The van der Waals surface area contributed by atoms with E-state index in [1.165, 1.54) is 4.46 Å². The van der Waals surface area contributed by atoms with Crippen LogP contribution in [0.4, 0.5) is 0 Å². The van der Waals surface area contributed by atoms with E-state index < -0.39 is 0 Å². The standard InChI is InChI=1S/C14H13NOSe/c16-14(12-7-3-1-4-8-12)15-11-17-13-9-5-2-6-10-13/h1-10H,11H2,(H,15,16). The van der Waals surface area contributed by atoms with Crippen LogP contribution in [-0.4, -0.2) is 26.3 Å². The number of amides is 1. The molecule has 0 aliphatic rings. The second-order valence-corrected chi connectivity index (χ2v) is 5.67. The van der Waals surface area contributed by atoms with Gasteiger partial charge < -0.3 is 0 Å². The number of nitrogens with one attached hydrogen (secondary N) is 1. The Bertz CT molecular complexity index is 470. The summed E-state index contributed by atoms with van der Waals surface area (Å²) in [5.41, 5.74) is 1.45. The molecule has 1 amide bonds. The molecule has 3 heteroatoms. The Morgan fingerprint density at radius 1 is 0.941 bits per heavy atom. The third kappa shape index (κ3) is 3.74. The van der Waals surface area contributed by atoms with Crippen molar-refractivity contribution < 1.29 is 4.79 Å². The monoisotopic (exact) mass is 291 g/mol. The second-order valence-electron chi connectivity index (χ2n) is 3.47. The molecular formula is C14H13NOSe. The molecule has 0 spiro atoms. The molecule has 2 rings (SSSR count). The first-order valence-corrected chi connectivity index (χ1v) is 7.44. The minimum atomic E-state index is 0.00315. The SMILES string of the molecule is O=C(NC[Se]c1ccccc1)c1ccccc1. The van der Waals surface area contributed by atoms with E-state index in [1.807, 2.05) is 48.5 Å². The fraction of sp³-hybridized carbons (Fsp3) is 0.0714. The Morgan fingerprint density at radius 3 is 2.18 bits per heavy atom. The van der Waals surface area contributed by atoms with Crippen LogP contribution in [0.5, 0.6) is 0 Å². The number of benzene rings is 2. The van der Waals surface area contributed by atoms with E-state index in [9.17, 15) is 4.79 Å². The summed E-state index contributed by atoms with van der Waals surface area (Å²) in [6.45, 7) is 0. The summed E-state index contributed by atoms with van der Waals surface area (Å²) >= 11 is 0.297. The van der Waals surface area contributed by atoms with Crippen LogP contribution in [0, 0.1) is 0 Å². The van der Waals surface area contributed by atoms with E-state index in [0.29, 0.717) is 15.0 Å². The minimum absolute atomic E-state index is 0.00315. The first-order chi connectivity index (χ1) is 8.36. The van der Waals surface area contributed by atoms with Crippen molar-refractivity contribution in [2.75, 3.05) is 5.44 Å². The average Bonchev–Trinajstić information content (AvgIpc) is 2.41. The molecule has 0 unspecified atom stereocenters. The van der Waals surface area contributed by atoms with Crippen molar-refractivity contribution in [3.05, 3.63) is 66.2 Å². The quantitative estimate of drug-likeness (QED) is 0.847. The molecule has 0 saturated heterocycles. The van der Waals surface area contributed by atoms with Crippen molar-refractivity contribution in [3.8, 4) is 0 Å². The van der Waals surface area contributed by atoms with Crippen LogP contribution in [0.2, 0.25) is 0 Å². The van der Waals surface area contributed by atoms with Gasteiger partial charge in [-0.2, -0.15) is 0 Å². The van der Waals surface area contributed by atoms with Gasteiger partial charge in [0.15, 0.2) is 0 Å². The summed E-state index contributed by atoms with van der Waals surface area (Å²) in [5.74, 6) is 0.00315. The van der Waals surface area contributed by atoms with Gasteiger partial charge in [-0.05, 0) is 0 Å². The van der Waals surface area contributed by atoms with Gasteiger partial charge in [-0.15, -0.1) is 0 Å². The Balaban J connectivity index is 1.82. The molecule has 0 heterocycles. The van der Waals surface area contributed by atoms with E-state index in [1.54, 1.807) is 0 Å². The van der Waals surface area contributed by atoms with Crippen molar-refractivity contribution in [1.29, 1.82) is 0 Å². The maximum absolute atomic E-state index is 11.7. The van der Waals surface area contributed by atoms with Gasteiger partial charge in [-0.1, -0.05) is 0 Å². The van der Waals surface area contributed by atoms with Crippen LogP contribution in [0.1, 0.15) is 10.4 Å². The number of carbonyl (C=O) groups excluding carboxylic acids is 1. The zero-order valence-electron chi connectivity index (χ0n) is 9.30. The summed E-state index contributed by atoms with van der Waals surface area (Å²) in [6.07, 6.45) is 0.